The van der Waals surface area contributed by atoms with E-state index in [1.54, 1.807) is 35.9 Å². The van der Waals surface area contributed by atoms with Gasteiger partial charge in [-0.25, -0.2) is 4.98 Å². The third-order valence-corrected chi connectivity index (χ3v) is 7.46. The first-order valence-electron chi connectivity index (χ1n) is 13.4. The van der Waals surface area contributed by atoms with E-state index in [-0.39, 0.29) is 5.91 Å². The Morgan fingerprint density at radius 3 is 2.44 bits per heavy atom. The van der Waals surface area contributed by atoms with Crippen LogP contribution >= 0.6 is 11.6 Å². The molecule has 41 heavy (non-hydrogen) atoms. The Morgan fingerprint density at radius 2 is 1.76 bits per heavy atom. The average molecular weight is 576 g/mol. The van der Waals surface area contributed by atoms with E-state index in [1.807, 2.05) is 50.2 Å². The SMILES string of the molecule is COc1ccc(CN(C(=O)c2cnc(Nc3nc(C)nc(N4CCN(C)CC4)n3)n2C)c2c(C)cccc2Cl)cc1. The van der Waals surface area contributed by atoms with E-state index in [4.69, 9.17) is 16.3 Å². The number of anilines is 4. The van der Waals surface area contributed by atoms with Crippen LogP contribution in [-0.2, 0) is 13.6 Å². The van der Waals surface area contributed by atoms with E-state index in [0.717, 1.165) is 43.1 Å². The van der Waals surface area contributed by atoms with Gasteiger partial charge >= 0.3 is 0 Å². The Hall–Kier alpha value is -4.22. The third-order valence-electron chi connectivity index (χ3n) is 7.16. The first-order valence-corrected chi connectivity index (χ1v) is 13.8. The van der Waals surface area contributed by atoms with Gasteiger partial charge in [-0.1, -0.05) is 35.9 Å². The van der Waals surface area contributed by atoms with E-state index >= 15 is 0 Å². The van der Waals surface area contributed by atoms with Crippen molar-refractivity contribution < 1.29 is 9.53 Å². The molecule has 0 aliphatic carbocycles. The lowest BCUT2D eigenvalue weighted by atomic mass is 10.1. The third kappa shape index (κ3) is 6.26. The molecule has 3 heterocycles. The van der Waals surface area contributed by atoms with Crippen LogP contribution in [0, 0.1) is 13.8 Å². The first-order chi connectivity index (χ1) is 19.7. The van der Waals surface area contributed by atoms with Gasteiger partial charge in [0.15, 0.2) is 0 Å². The van der Waals surface area contributed by atoms with E-state index in [0.29, 0.717) is 46.6 Å². The number of hydrogen-bond donors (Lipinski definition) is 1. The zero-order valence-corrected chi connectivity index (χ0v) is 24.7. The molecule has 1 saturated heterocycles. The predicted molar refractivity (Wildman–Crippen MR) is 160 cm³/mol. The number of benzene rings is 2. The fraction of sp³-hybridized carbons (Fsp3) is 0.345. The van der Waals surface area contributed by atoms with Crippen LogP contribution < -0.4 is 19.9 Å². The number of likely N-dealkylation sites (N-methyl/N-ethyl adjacent to an activating group) is 1. The minimum atomic E-state index is -0.245. The van der Waals surface area contributed by atoms with Gasteiger partial charge in [0.1, 0.15) is 17.3 Å². The number of rotatable bonds is 8. The summed E-state index contributed by atoms with van der Waals surface area (Å²) in [6.07, 6.45) is 1.55. The molecule has 0 unspecified atom stereocenters. The summed E-state index contributed by atoms with van der Waals surface area (Å²) in [6, 6.07) is 13.2. The van der Waals surface area contributed by atoms with Gasteiger partial charge < -0.3 is 24.0 Å². The largest absolute Gasteiger partial charge is 0.497 e. The molecule has 2 aromatic heterocycles. The highest BCUT2D eigenvalue weighted by molar-refractivity contribution is 6.34. The maximum Gasteiger partial charge on any atom is 0.276 e. The van der Waals surface area contributed by atoms with Crippen molar-refractivity contribution in [2.24, 2.45) is 7.05 Å². The predicted octanol–water partition coefficient (Wildman–Crippen LogP) is 4.23. The number of piperazine rings is 1. The van der Waals surface area contributed by atoms with Crippen LogP contribution in [0.5, 0.6) is 5.75 Å². The summed E-state index contributed by atoms with van der Waals surface area (Å²) < 4.78 is 6.99. The summed E-state index contributed by atoms with van der Waals surface area (Å²) in [5.41, 5.74) is 2.84. The summed E-state index contributed by atoms with van der Waals surface area (Å²) in [4.78, 5) is 38.4. The van der Waals surface area contributed by atoms with E-state index < -0.39 is 0 Å². The lowest BCUT2D eigenvalue weighted by Crippen LogP contribution is -2.45. The minimum absolute atomic E-state index is 0.245. The van der Waals surface area contributed by atoms with Crippen molar-refractivity contribution in [3.05, 3.63) is 76.3 Å². The quantitative estimate of drug-likeness (QED) is 0.330. The zero-order chi connectivity index (χ0) is 29.1. The molecule has 1 amide bonds. The molecule has 1 aliphatic rings. The number of aromatic nitrogens is 5. The number of para-hydroxylation sites is 1. The molecule has 0 bridgehead atoms. The molecule has 1 fully saturated rings. The molecule has 1 aliphatic heterocycles. The molecule has 0 spiro atoms. The lowest BCUT2D eigenvalue weighted by molar-refractivity contribution is 0.0977. The number of nitrogens with one attached hydrogen (secondary N) is 1. The summed E-state index contributed by atoms with van der Waals surface area (Å²) >= 11 is 6.65. The van der Waals surface area contributed by atoms with Crippen molar-refractivity contribution in [2.75, 3.05) is 55.5 Å². The highest BCUT2D eigenvalue weighted by Gasteiger charge is 2.26. The van der Waals surface area contributed by atoms with Gasteiger partial charge in [0.2, 0.25) is 17.8 Å². The summed E-state index contributed by atoms with van der Waals surface area (Å²) in [7, 11) is 5.51. The fourth-order valence-electron chi connectivity index (χ4n) is 4.77. The van der Waals surface area contributed by atoms with Crippen LogP contribution in [0.15, 0.2) is 48.7 Å². The normalized spacial score (nSPS) is 13.8. The highest BCUT2D eigenvalue weighted by atomic mass is 35.5. The number of carbonyl (C=O) groups is 1. The molecular formula is C29H34ClN9O2. The Balaban J connectivity index is 1.43. The number of carbonyl (C=O) groups excluding carboxylic acids is 1. The van der Waals surface area contributed by atoms with Gasteiger partial charge in [-0.15, -0.1) is 0 Å². The second kappa shape index (κ2) is 12.1. The highest BCUT2D eigenvalue weighted by Crippen LogP contribution is 2.32. The van der Waals surface area contributed by atoms with Crippen molar-refractivity contribution in [1.29, 1.82) is 0 Å². The smallest absolute Gasteiger partial charge is 0.276 e. The van der Waals surface area contributed by atoms with Crippen molar-refractivity contribution in [2.45, 2.75) is 20.4 Å². The number of ether oxygens (including phenoxy) is 1. The molecule has 5 rings (SSSR count). The summed E-state index contributed by atoms with van der Waals surface area (Å²) in [5, 5.41) is 3.67. The molecule has 4 aromatic rings. The fourth-order valence-corrected chi connectivity index (χ4v) is 5.09. The molecular weight excluding hydrogens is 542 g/mol. The zero-order valence-electron chi connectivity index (χ0n) is 23.9. The van der Waals surface area contributed by atoms with E-state index in [2.05, 4.69) is 42.1 Å². The molecule has 0 saturated carbocycles. The Morgan fingerprint density at radius 1 is 1.02 bits per heavy atom. The Kier molecular flexibility index (Phi) is 8.36. The maximum atomic E-state index is 14.1. The lowest BCUT2D eigenvalue weighted by Gasteiger charge is -2.32. The van der Waals surface area contributed by atoms with Crippen LogP contribution in [0.1, 0.15) is 27.4 Å². The Bertz CT molecular complexity index is 1510. The maximum absolute atomic E-state index is 14.1. The summed E-state index contributed by atoms with van der Waals surface area (Å²) in [6.45, 7) is 7.64. The molecule has 214 valence electrons. The van der Waals surface area contributed by atoms with Crippen LogP contribution in [0.4, 0.5) is 23.5 Å². The second-order valence-electron chi connectivity index (χ2n) is 10.1. The molecule has 11 nitrogen and oxygen atoms in total. The number of methoxy groups -OCH3 is 1. The van der Waals surface area contributed by atoms with Gasteiger partial charge in [0.25, 0.3) is 5.91 Å². The number of hydrogen-bond acceptors (Lipinski definition) is 9. The van der Waals surface area contributed by atoms with Crippen LogP contribution in [0.3, 0.4) is 0 Å². The number of imidazole rings is 1. The van der Waals surface area contributed by atoms with Gasteiger partial charge in [0.05, 0.1) is 30.6 Å². The van der Waals surface area contributed by atoms with Gasteiger partial charge in [-0.2, -0.15) is 15.0 Å². The number of nitrogens with zero attached hydrogens (tertiary/aromatic N) is 8. The second-order valence-corrected chi connectivity index (χ2v) is 10.5. The van der Waals surface area contributed by atoms with Gasteiger partial charge in [0, 0.05) is 33.2 Å². The van der Waals surface area contributed by atoms with Gasteiger partial charge in [-0.05, 0) is 50.2 Å². The van der Waals surface area contributed by atoms with Crippen LogP contribution in [0.25, 0.3) is 0 Å². The van der Waals surface area contributed by atoms with Crippen LogP contribution in [0.2, 0.25) is 5.02 Å². The molecule has 1 N–H and O–H groups in total. The number of amides is 1. The van der Waals surface area contributed by atoms with Crippen molar-refractivity contribution >= 4 is 41.0 Å². The topological polar surface area (TPSA) is 105 Å². The molecule has 0 radical (unpaired) electrons. The number of halogens is 1. The van der Waals surface area contributed by atoms with Crippen LogP contribution in [-0.4, -0.2) is 75.6 Å². The van der Waals surface area contributed by atoms with E-state index in [9.17, 15) is 4.79 Å². The number of aryl methyl sites for hydroxylation is 2. The standard InChI is InChI=1S/C29H34ClN9O2/c1-19-7-6-8-23(30)25(19)39(18-21-9-11-22(41-5)12-10-21)26(40)24-17-31-28(37(24)4)34-27-32-20(2)33-29(35-27)38-15-13-36(3)14-16-38/h6-12,17H,13-16,18H2,1-5H3,(H,31,32,33,34,35). The Labute approximate surface area is 244 Å². The monoisotopic (exact) mass is 575 g/mol. The summed E-state index contributed by atoms with van der Waals surface area (Å²) in [5.74, 6) is 2.53. The van der Waals surface area contributed by atoms with Crippen molar-refractivity contribution in [3.63, 3.8) is 0 Å². The molecule has 12 heteroatoms. The minimum Gasteiger partial charge on any atom is -0.497 e. The van der Waals surface area contributed by atoms with Crippen molar-refractivity contribution in [1.82, 2.24) is 29.4 Å². The molecule has 0 atom stereocenters. The van der Waals surface area contributed by atoms with Crippen molar-refractivity contribution in [3.8, 4) is 5.75 Å². The van der Waals surface area contributed by atoms with E-state index in [1.165, 1.54) is 0 Å². The molecule has 2 aromatic carbocycles. The van der Waals surface area contributed by atoms with Gasteiger partial charge in [-0.3, -0.25) is 10.1 Å². The average Bonchev–Trinajstić information content (AvgIpc) is 3.31. The first kappa shape index (κ1) is 28.3.